The van der Waals surface area contributed by atoms with E-state index in [4.69, 9.17) is 9.15 Å². The third-order valence-electron chi connectivity index (χ3n) is 7.99. The molecule has 2 saturated carbocycles. The lowest BCUT2D eigenvalue weighted by molar-refractivity contribution is -0.165. The minimum atomic E-state index is -4.36. The lowest BCUT2D eigenvalue weighted by atomic mass is 9.57. The average Bonchev–Trinajstić information content (AvgIpc) is 3.41. The molecule has 1 aromatic rings. The van der Waals surface area contributed by atoms with E-state index < -0.39 is 11.6 Å². The Morgan fingerprint density at radius 3 is 2.64 bits per heavy atom. The smallest absolute Gasteiger partial charge is 0.403 e. The molecule has 3 aliphatic heterocycles. The Balaban J connectivity index is 0.979. The number of aromatic nitrogens is 2. The molecule has 33 heavy (non-hydrogen) atoms. The summed E-state index contributed by atoms with van der Waals surface area (Å²) in [5.41, 5.74) is -1.84. The zero-order chi connectivity index (χ0) is 23.0. The van der Waals surface area contributed by atoms with Gasteiger partial charge in [-0.2, -0.15) is 13.2 Å². The molecule has 1 aromatic heterocycles. The first kappa shape index (κ1) is 21.2. The van der Waals surface area contributed by atoms with E-state index in [9.17, 15) is 22.8 Å². The fourth-order valence-electron chi connectivity index (χ4n) is 6.06. The maximum atomic E-state index is 13.2. The highest BCUT2D eigenvalue weighted by atomic mass is 19.4. The van der Waals surface area contributed by atoms with Gasteiger partial charge in [0.25, 0.3) is 0 Å². The summed E-state index contributed by atoms with van der Waals surface area (Å²) in [6.07, 6.45) is -1.40. The molecule has 2 atom stereocenters. The second kappa shape index (κ2) is 7.07. The highest BCUT2D eigenvalue weighted by Gasteiger charge is 2.68. The van der Waals surface area contributed by atoms with Crippen molar-refractivity contribution in [2.45, 2.75) is 62.3 Å². The number of alkyl halides is 3. The van der Waals surface area contributed by atoms with Crippen LogP contribution in [0, 0.1) is 11.3 Å². The quantitative estimate of drug-likeness (QED) is 0.722. The summed E-state index contributed by atoms with van der Waals surface area (Å²) in [7, 11) is 0. The van der Waals surface area contributed by atoms with Gasteiger partial charge < -0.3 is 24.3 Å². The summed E-state index contributed by atoms with van der Waals surface area (Å²) in [4.78, 5) is 28.1. The molecule has 3 amide bonds. The molecule has 12 heteroatoms. The Bertz CT molecular complexity index is 963. The molecule has 1 N–H and O–H groups in total. The van der Waals surface area contributed by atoms with Crippen molar-refractivity contribution in [2.75, 3.05) is 32.8 Å². The van der Waals surface area contributed by atoms with Crippen LogP contribution in [0.1, 0.15) is 43.9 Å². The molecule has 2 unspecified atom stereocenters. The lowest BCUT2D eigenvalue weighted by Crippen LogP contribution is -2.68. The van der Waals surface area contributed by atoms with E-state index in [1.807, 2.05) is 4.90 Å². The van der Waals surface area contributed by atoms with Gasteiger partial charge in [-0.25, -0.2) is 4.79 Å². The molecule has 5 aliphatic rings. The third-order valence-corrected chi connectivity index (χ3v) is 7.99. The Labute approximate surface area is 188 Å². The minimum Gasteiger partial charge on any atom is -0.424 e. The molecule has 0 bridgehead atoms. The van der Waals surface area contributed by atoms with Gasteiger partial charge in [0.2, 0.25) is 17.7 Å². The van der Waals surface area contributed by atoms with E-state index >= 15 is 0 Å². The van der Waals surface area contributed by atoms with E-state index in [-0.39, 0.29) is 66.6 Å². The molecule has 5 fully saturated rings. The summed E-state index contributed by atoms with van der Waals surface area (Å²) in [6, 6.07) is -0.163. The van der Waals surface area contributed by atoms with Crippen molar-refractivity contribution in [3.05, 3.63) is 11.8 Å². The van der Waals surface area contributed by atoms with E-state index in [0.29, 0.717) is 39.0 Å². The van der Waals surface area contributed by atoms with E-state index in [0.717, 1.165) is 12.8 Å². The molecule has 0 aromatic carbocycles. The highest BCUT2D eigenvalue weighted by molar-refractivity contribution is 5.79. The van der Waals surface area contributed by atoms with Crippen LogP contribution in [0.4, 0.5) is 18.0 Å². The normalized spacial score (nSPS) is 30.3. The first-order valence-corrected chi connectivity index (χ1v) is 11.5. The van der Waals surface area contributed by atoms with Crippen molar-refractivity contribution >= 4 is 11.9 Å². The van der Waals surface area contributed by atoms with Crippen LogP contribution in [0.5, 0.6) is 0 Å². The van der Waals surface area contributed by atoms with Gasteiger partial charge in [0, 0.05) is 38.0 Å². The van der Waals surface area contributed by atoms with Crippen LogP contribution in [0.3, 0.4) is 0 Å². The highest BCUT2D eigenvalue weighted by Crippen LogP contribution is 2.58. The Morgan fingerprint density at radius 1 is 1.18 bits per heavy atom. The van der Waals surface area contributed by atoms with Gasteiger partial charge in [-0.15, -0.1) is 10.2 Å². The fourth-order valence-corrected chi connectivity index (χ4v) is 6.06. The Morgan fingerprint density at radius 2 is 1.94 bits per heavy atom. The number of amides is 3. The molecule has 1 spiro atoms. The summed E-state index contributed by atoms with van der Waals surface area (Å²) >= 11 is 0. The number of hydrogen-bond donors (Lipinski definition) is 1. The largest absolute Gasteiger partial charge is 0.424 e. The van der Waals surface area contributed by atoms with Gasteiger partial charge in [-0.3, -0.25) is 4.79 Å². The maximum absolute atomic E-state index is 13.2. The van der Waals surface area contributed by atoms with Gasteiger partial charge in [-0.05, 0) is 38.0 Å². The first-order valence-electron chi connectivity index (χ1n) is 11.5. The average molecular weight is 469 g/mol. The molecule has 180 valence electrons. The number of piperidine rings is 1. The summed E-state index contributed by atoms with van der Waals surface area (Å²) < 4.78 is 50.6. The molecule has 6 rings (SSSR count). The van der Waals surface area contributed by atoms with Crippen LogP contribution in [-0.4, -0.2) is 83.0 Å². The van der Waals surface area contributed by atoms with Gasteiger partial charge in [0.05, 0.1) is 12.1 Å². The topological polar surface area (TPSA) is 101 Å². The number of urea groups is 1. The number of nitrogens with one attached hydrogen (secondary N) is 1. The van der Waals surface area contributed by atoms with Crippen molar-refractivity contribution in [1.82, 2.24) is 25.3 Å². The monoisotopic (exact) mass is 469 g/mol. The maximum Gasteiger partial charge on any atom is 0.403 e. The number of carbonyl (C=O) groups is 2. The van der Waals surface area contributed by atoms with Gasteiger partial charge in [-0.1, -0.05) is 0 Å². The molecule has 0 radical (unpaired) electrons. The summed E-state index contributed by atoms with van der Waals surface area (Å²) in [5, 5.41) is 10.5. The third kappa shape index (κ3) is 3.48. The number of carbonyl (C=O) groups excluding carboxylic acids is 2. The molecule has 3 saturated heterocycles. The van der Waals surface area contributed by atoms with Crippen molar-refractivity contribution in [3.63, 3.8) is 0 Å². The molecule has 9 nitrogen and oxygen atoms in total. The number of halogens is 3. The summed E-state index contributed by atoms with van der Waals surface area (Å²) in [6.45, 7) is 2.52. The first-order chi connectivity index (χ1) is 15.7. The molecule has 2 aliphatic carbocycles. The lowest BCUT2D eigenvalue weighted by Gasteiger charge is -2.59. The molecular formula is C21H26F3N5O4. The Hall–Kier alpha value is -2.37. The number of fused-ring (bicyclic) bond motifs is 1. The van der Waals surface area contributed by atoms with Crippen molar-refractivity contribution < 1.29 is 31.9 Å². The number of ether oxygens (including phenoxy) is 1. The van der Waals surface area contributed by atoms with Gasteiger partial charge in [0.1, 0.15) is 12.0 Å². The second-order valence-corrected chi connectivity index (χ2v) is 10.5. The van der Waals surface area contributed by atoms with E-state index in [1.165, 1.54) is 0 Å². The predicted octanol–water partition coefficient (Wildman–Crippen LogP) is 1.63. The minimum absolute atomic E-state index is 0.00630. The fraction of sp³-hybridized carbons (Fsp3) is 0.810. The number of nitrogens with zero attached hydrogens (tertiary/aromatic N) is 4. The Kier molecular flexibility index (Phi) is 4.54. The number of hydrogen-bond acceptors (Lipinski definition) is 6. The molecule has 4 heterocycles. The van der Waals surface area contributed by atoms with Crippen LogP contribution in [0.15, 0.2) is 4.42 Å². The van der Waals surface area contributed by atoms with E-state index in [2.05, 4.69) is 15.5 Å². The predicted molar refractivity (Wildman–Crippen MR) is 105 cm³/mol. The van der Waals surface area contributed by atoms with Crippen LogP contribution >= 0.6 is 0 Å². The zero-order valence-corrected chi connectivity index (χ0v) is 18.1. The number of rotatable bonds is 3. The standard InChI is InChI=1S/C21H26F3N5O4/c22-21(23,24)20(2-3-20)17-27-26-16(33-17)5-12-6-19(7-12)10-29(11-19)18(31)28-4-1-14-13(8-28)25-15(30)9-32-14/h12-14H,1-11H2,(H,25,30). The number of morpholine rings is 1. The second-order valence-electron chi connectivity index (χ2n) is 10.5. The van der Waals surface area contributed by atoms with Gasteiger partial charge in [0.15, 0.2) is 0 Å². The van der Waals surface area contributed by atoms with Crippen molar-refractivity contribution in [3.8, 4) is 0 Å². The summed E-state index contributed by atoms with van der Waals surface area (Å²) in [5.74, 6) is 0.102. The van der Waals surface area contributed by atoms with Crippen LogP contribution in [0.25, 0.3) is 0 Å². The van der Waals surface area contributed by atoms with Crippen LogP contribution in [-0.2, 0) is 21.4 Å². The van der Waals surface area contributed by atoms with E-state index in [1.54, 1.807) is 4.90 Å². The van der Waals surface area contributed by atoms with Crippen LogP contribution in [0.2, 0.25) is 0 Å². The van der Waals surface area contributed by atoms with Crippen molar-refractivity contribution in [1.29, 1.82) is 0 Å². The zero-order valence-electron chi connectivity index (χ0n) is 18.1. The molecular weight excluding hydrogens is 443 g/mol. The SMILES string of the molecule is O=C1COC2CCN(C(=O)N3CC4(CC(Cc5nnc(C6(C(F)(F)F)CC6)o5)C4)C3)CC2N1. The van der Waals surface area contributed by atoms with Gasteiger partial charge >= 0.3 is 12.2 Å². The van der Waals surface area contributed by atoms with Crippen molar-refractivity contribution in [2.24, 2.45) is 11.3 Å². The van der Waals surface area contributed by atoms with Crippen LogP contribution < -0.4 is 5.32 Å². The number of likely N-dealkylation sites (tertiary alicyclic amines) is 2.